The maximum atomic E-state index is 13.3. The van der Waals surface area contributed by atoms with Crippen molar-refractivity contribution in [1.29, 1.82) is 0 Å². The van der Waals surface area contributed by atoms with Gasteiger partial charge in [-0.1, -0.05) is 53.7 Å². The summed E-state index contributed by atoms with van der Waals surface area (Å²) in [5.41, 5.74) is 6.84. The predicted molar refractivity (Wildman–Crippen MR) is 143 cm³/mol. The minimum Gasteiger partial charge on any atom is -0.334 e. The number of benzene rings is 3. The van der Waals surface area contributed by atoms with Gasteiger partial charge in [0.1, 0.15) is 0 Å². The highest BCUT2D eigenvalue weighted by Gasteiger charge is 2.36. The van der Waals surface area contributed by atoms with Crippen molar-refractivity contribution in [3.8, 4) is 11.4 Å². The third kappa shape index (κ3) is 4.66. The molecule has 6 nitrogen and oxygen atoms in total. The molecule has 1 aromatic heterocycles. The predicted octanol–water partition coefficient (Wildman–Crippen LogP) is 6.77. The molecule has 7 heteroatoms. The Morgan fingerprint density at radius 3 is 2.42 bits per heavy atom. The van der Waals surface area contributed by atoms with Crippen LogP contribution in [0.3, 0.4) is 0 Å². The maximum Gasteiger partial charge on any atom is 0.322 e. The first-order chi connectivity index (χ1) is 17.4. The number of rotatable bonds is 6. The summed E-state index contributed by atoms with van der Waals surface area (Å²) >= 11 is 1.68. The minimum absolute atomic E-state index is 0.157. The molecule has 0 saturated carbocycles. The molecule has 36 heavy (non-hydrogen) atoms. The van der Waals surface area contributed by atoms with Gasteiger partial charge in [-0.3, -0.25) is 4.90 Å². The molecular weight excluding hydrogens is 468 g/mol. The molecule has 1 N–H and O–H groups in total. The number of allylic oxidation sites excluding steroid dienone is 1. The van der Waals surface area contributed by atoms with Crippen molar-refractivity contribution in [3.63, 3.8) is 0 Å². The van der Waals surface area contributed by atoms with Gasteiger partial charge in [-0.15, -0.1) is 11.8 Å². The number of aromatic nitrogens is 2. The van der Waals surface area contributed by atoms with Gasteiger partial charge in [0.15, 0.2) is 0 Å². The summed E-state index contributed by atoms with van der Waals surface area (Å²) in [5, 5.41) is 7.47. The lowest BCUT2D eigenvalue weighted by molar-refractivity contribution is 0.203. The molecule has 0 saturated heterocycles. The molecule has 0 fully saturated rings. The number of carbonyl (C=O) groups excluding carboxylic acids is 1. The number of nitrogens with zero attached hydrogens (tertiary/aromatic N) is 3. The molecule has 3 aromatic carbocycles. The summed E-state index contributed by atoms with van der Waals surface area (Å²) in [6.45, 7) is 6.54. The maximum absolute atomic E-state index is 13.3. The van der Waals surface area contributed by atoms with Gasteiger partial charge in [0.25, 0.3) is 5.89 Å². The van der Waals surface area contributed by atoms with Crippen LogP contribution in [0.4, 0.5) is 4.79 Å². The quantitative estimate of drug-likeness (QED) is 0.298. The van der Waals surface area contributed by atoms with Crippen LogP contribution in [0.1, 0.15) is 41.1 Å². The lowest BCUT2D eigenvalue weighted by atomic mass is 9.92. The number of hydrogen-bond acceptors (Lipinski definition) is 5. The molecule has 0 spiro atoms. The minimum atomic E-state index is -0.406. The van der Waals surface area contributed by atoms with Crippen LogP contribution in [-0.2, 0) is 6.54 Å². The molecule has 1 aliphatic rings. The van der Waals surface area contributed by atoms with Crippen molar-refractivity contribution in [2.75, 3.05) is 6.26 Å². The highest BCUT2D eigenvalue weighted by Crippen LogP contribution is 2.38. The van der Waals surface area contributed by atoms with Crippen molar-refractivity contribution < 1.29 is 9.32 Å². The number of carbonyl (C=O) groups is 1. The lowest BCUT2D eigenvalue weighted by Crippen LogP contribution is -2.45. The second-order valence-electron chi connectivity index (χ2n) is 8.95. The molecule has 1 unspecified atom stereocenters. The fourth-order valence-electron chi connectivity index (χ4n) is 4.40. The van der Waals surface area contributed by atoms with E-state index in [-0.39, 0.29) is 6.03 Å². The summed E-state index contributed by atoms with van der Waals surface area (Å²) in [6, 6.07) is 23.7. The second-order valence-corrected chi connectivity index (χ2v) is 9.83. The molecule has 182 valence electrons. The number of thioether (sulfide) groups is 1. The van der Waals surface area contributed by atoms with E-state index in [0.29, 0.717) is 18.3 Å². The Balaban J connectivity index is 1.59. The van der Waals surface area contributed by atoms with Crippen LogP contribution < -0.4 is 5.32 Å². The normalized spacial score (nSPS) is 15.8. The van der Waals surface area contributed by atoms with Crippen molar-refractivity contribution in [2.24, 2.45) is 0 Å². The van der Waals surface area contributed by atoms with Gasteiger partial charge in [-0.2, -0.15) is 4.98 Å². The van der Waals surface area contributed by atoms with E-state index in [1.54, 1.807) is 16.7 Å². The molecule has 1 aliphatic heterocycles. The van der Waals surface area contributed by atoms with Crippen LogP contribution in [0.15, 0.2) is 87.9 Å². The van der Waals surface area contributed by atoms with Gasteiger partial charge in [-0.05, 0) is 73.5 Å². The number of urea groups is 1. The smallest absolute Gasteiger partial charge is 0.322 e. The number of aryl methyl sites for hydroxylation is 2. The number of hydrogen-bond donors (Lipinski definition) is 1. The van der Waals surface area contributed by atoms with Gasteiger partial charge >= 0.3 is 6.03 Å². The SMILES string of the molecule is CSc1ccc(-c2noc(C3=C(C)N(Cc4ccccc4)C(=O)NC3c3ccc(C)c(C)c3)n2)cc1. The molecule has 5 rings (SSSR count). The first-order valence-corrected chi connectivity index (χ1v) is 13.1. The molecule has 1 atom stereocenters. The van der Waals surface area contributed by atoms with Crippen molar-refractivity contribution in [2.45, 2.75) is 38.3 Å². The van der Waals surface area contributed by atoms with E-state index in [4.69, 9.17) is 9.51 Å². The van der Waals surface area contributed by atoms with Gasteiger partial charge in [0.05, 0.1) is 18.2 Å². The zero-order valence-corrected chi connectivity index (χ0v) is 21.6. The molecule has 0 radical (unpaired) electrons. The Kier molecular flexibility index (Phi) is 6.65. The molecule has 4 aromatic rings. The Morgan fingerprint density at radius 2 is 1.72 bits per heavy atom. The topological polar surface area (TPSA) is 71.3 Å². The van der Waals surface area contributed by atoms with Gasteiger partial charge < -0.3 is 9.84 Å². The fourth-order valence-corrected chi connectivity index (χ4v) is 4.81. The van der Waals surface area contributed by atoms with Gasteiger partial charge in [0, 0.05) is 16.2 Å². The third-order valence-corrected chi connectivity index (χ3v) is 7.39. The Morgan fingerprint density at radius 1 is 0.972 bits per heavy atom. The molecule has 2 heterocycles. The van der Waals surface area contributed by atoms with Crippen LogP contribution >= 0.6 is 11.8 Å². The van der Waals surface area contributed by atoms with Crippen LogP contribution in [-0.4, -0.2) is 27.3 Å². The summed E-state index contributed by atoms with van der Waals surface area (Å²) in [4.78, 5) is 21.0. The van der Waals surface area contributed by atoms with Crippen LogP contribution in [0.5, 0.6) is 0 Å². The summed E-state index contributed by atoms with van der Waals surface area (Å²) in [7, 11) is 0. The van der Waals surface area contributed by atoms with Crippen LogP contribution in [0.2, 0.25) is 0 Å². The summed E-state index contributed by atoms with van der Waals surface area (Å²) in [6.07, 6.45) is 2.04. The first-order valence-electron chi connectivity index (χ1n) is 11.8. The van der Waals surface area contributed by atoms with E-state index in [0.717, 1.165) is 33.5 Å². The van der Waals surface area contributed by atoms with Crippen LogP contribution in [0, 0.1) is 13.8 Å². The fraction of sp³-hybridized carbons (Fsp3) is 0.207. The molecule has 0 aliphatic carbocycles. The van der Waals surface area contributed by atoms with E-state index >= 15 is 0 Å². The zero-order valence-electron chi connectivity index (χ0n) is 20.8. The zero-order chi connectivity index (χ0) is 25.2. The van der Waals surface area contributed by atoms with Gasteiger partial charge in [-0.25, -0.2) is 4.79 Å². The molecule has 0 bridgehead atoms. The van der Waals surface area contributed by atoms with Gasteiger partial charge in [0.2, 0.25) is 5.82 Å². The Hall–Kier alpha value is -3.84. The molecular formula is C29H28N4O2S. The third-order valence-electron chi connectivity index (χ3n) is 6.65. The van der Waals surface area contributed by atoms with Crippen molar-refractivity contribution in [3.05, 3.63) is 107 Å². The molecule has 2 amide bonds. The van der Waals surface area contributed by atoms with E-state index < -0.39 is 6.04 Å². The number of amides is 2. The Labute approximate surface area is 215 Å². The second kappa shape index (κ2) is 10.0. The van der Waals surface area contributed by atoms with E-state index in [1.807, 2.05) is 73.8 Å². The largest absolute Gasteiger partial charge is 0.334 e. The Bertz CT molecular complexity index is 1430. The highest BCUT2D eigenvalue weighted by molar-refractivity contribution is 7.98. The number of nitrogens with one attached hydrogen (secondary N) is 1. The van der Waals surface area contributed by atoms with E-state index in [9.17, 15) is 4.79 Å². The lowest BCUT2D eigenvalue weighted by Gasteiger charge is -2.35. The first kappa shape index (κ1) is 23.9. The monoisotopic (exact) mass is 496 g/mol. The average Bonchev–Trinajstić information content (AvgIpc) is 3.38. The standard InChI is InChI=1S/C29H28N4O2S/c1-18-10-11-23(16-19(18)2)26-25(20(3)33(29(34)30-26)17-21-8-6-5-7-9-21)28-31-27(32-35-28)22-12-14-24(36-4)15-13-22/h5-16,26H,17H2,1-4H3,(H,30,34). The highest BCUT2D eigenvalue weighted by atomic mass is 32.2. The average molecular weight is 497 g/mol. The van der Waals surface area contributed by atoms with Crippen LogP contribution in [0.25, 0.3) is 17.0 Å². The summed E-state index contributed by atoms with van der Waals surface area (Å²) < 4.78 is 5.82. The van der Waals surface area contributed by atoms with Crippen molar-refractivity contribution in [1.82, 2.24) is 20.4 Å². The van der Waals surface area contributed by atoms with Crippen molar-refractivity contribution >= 4 is 23.4 Å². The van der Waals surface area contributed by atoms with E-state index in [1.165, 1.54) is 10.5 Å². The van der Waals surface area contributed by atoms with E-state index in [2.05, 4.69) is 36.5 Å². The summed E-state index contributed by atoms with van der Waals surface area (Å²) in [5.74, 6) is 0.918.